The van der Waals surface area contributed by atoms with E-state index in [2.05, 4.69) is 6.92 Å². The molecule has 0 saturated carbocycles. The second kappa shape index (κ2) is 14.4. The molecule has 0 fully saturated rings. The number of hydrogen-bond acceptors (Lipinski definition) is 4. The Balaban J connectivity index is 4.37. The van der Waals surface area contributed by atoms with Crippen LogP contribution in [0.2, 0.25) is 0 Å². The van der Waals surface area contributed by atoms with Crippen LogP contribution in [0.3, 0.4) is 0 Å². The molecular weight excluding hydrogens is 314 g/mol. The first-order chi connectivity index (χ1) is 11.8. The molecule has 0 bridgehead atoms. The van der Waals surface area contributed by atoms with Gasteiger partial charge in [-0.05, 0) is 46.6 Å². The van der Waals surface area contributed by atoms with Crippen LogP contribution in [0.15, 0.2) is 0 Å². The molecule has 4 N–H and O–H groups in total. The van der Waals surface area contributed by atoms with Crippen LogP contribution in [-0.2, 0) is 4.74 Å². The first-order valence-electron chi connectivity index (χ1n) is 10.3. The van der Waals surface area contributed by atoms with E-state index in [9.17, 15) is 4.79 Å². The van der Waals surface area contributed by atoms with Gasteiger partial charge in [-0.25, -0.2) is 4.79 Å². The Morgan fingerprint density at radius 3 is 2.12 bits per heavy atom. The molecule has 1 amide bonds. The Morgan fingerprint density at radius 1 is 0.960 bits per heavy atom. The number of ether oxygens (including phenoxy) is 1. The number of unbranched alkanes of at least 4 members (excludes halogenated alkanes) is 8. The maximum atomic E-state index is 12.5. The third kappa shape index (κ3) is 14.1. The van der Waals surface area contributed by atoms with Gasteiger partial charge in [-0.15, -0.1) is 0 Å². The highest BCUT2D eigenvalue weighted by Gasteiger charge is 2.25. The Labute approximate surface area is 155 Å². The van der Waals surface area contributed by atoms with Crippen molar-refractivity contribution in [3.63, 3.8) is 0 Å². The summed E-state index contributed by atoms with van der Waals surface area (Å²) in [6.07, 6.45) is 11.8. The summed E-state index contributed by atoms with van der Waals surface area (Å²) in [6, 6.07) is 0. The van der Waals surface area contributed by atoms with Gasteiger partial charge in [0.2, 0.25) is 0 Å². The fourth-order valence-corrected chi connectivity index (χ4v) is 2.78. The summed E-state index contributed by atoms with van der Waals surface area (Å²) in [5.74, 6) is 0. The van der Waals surface area contributed by atoms with Crippen LogP contribution >= 0.6 is 0 Å². The summed E-state index contributed by atoms with van der Waals surface area (Å²) >= 11 is 0. The van der Waals surface area contributed by atoms with Gasteiger partial charge in [0.25, 0.3) is 0 Å². The number of rotatable bonds is 14. The van der Waals surface area contributed by atoms with Gasteiger partial charge in [-0.1, -0.05) is 58.3 Å². The third-order valence-electron chi connectivity index (χ3n) is 4.23. The summed E-state index contributed by atoms with van der Waals surface area (Å²) < 4.78 is 5.55. The van der Waals surface area contributed by atoms with Gasteiger partial charge in [-0.3, -0.25) is 4.90 Å². The first kappa shape index (κ1) is 24.2. The predicted octanol–water partition coefficient (Wildman–Crippen LogP) is 4.78. The van der Waals surface area contributed by atoms with Crippen LogP contribution < -0.4 is 11.5 Å². The molecule has 0 aliphatic carbocycles. The minimum atomic E-state index is -0.489. The van der Waals surface area contributed by atoms with Crippen LogP contribution in [0.25, 0.3) is 0 Å². The van der Waals surface area contributed by atoms with Gasteiger partial charge in [-0.2, -0.15) is 0 Å². The maximum Gasteiger partial charge on any atom is 0.411 e. The van der Waals surface area contributed by atoms with Gasteiger partial charge in [0.05, 0.1) is 6.17 Å². The minimum Gasteiger partial charge on any atom is -0.444 e. The molecule has 1 unspecified atom stereocenters. The molecule has 150 valence electrons. The lowest BCUT2D eigenvalue weighted by atomic mass is 10.1. The first-order valence-corrected chi connectivity index (χ1v) is 10.3. The summed E-state index contributed by atoms with van der Waals surface area (Å²) in [6.45, 7) is 9.33. The van der Waals surface area contributed by atoms with Gasteiger partial charge < -0.3 is 16.2 Å². The zero-order valence-electron chi connectivity index (χ0n) is 17.2. The maximum absolute atomic E-state index is 12.5. The number of carbonyl (C=O) groups is 1. The minimum absolute atomic E-state index is 0.250. The van der Waals surface area contributed by atoms with Crippen molar-refractivity contribution < 1.29 is 9.53 Å². The van der Waals surface area contributed by atoms with Gasteiger partial charge in [0.15, 0.2) is 0 Å². The number of carbonyl (C=O) groups excluding carboxylic acids is 1. The molecule has 0 heterocycles. The molecule has 0 aromatic rings. The average Bonchev–Trinajstić information content (AvgIpc) is 2.52. The smallest absolute Gasteiger partial charge is 0.411 e. The highest BCUT2D eigenvalue weighted by Crippen LogP contribution is 2.15. The monoisotopic (exact) mass is 357 g/mol. The summed E-state index contributed by atoms with van der Waals surface area (Å²) in [5.41, 5.74) is 11.4. The van der Waals surface area contributed by atoms with Crippen molar-refractivity contribution in [2.24, 2.45) is 11.5 Å². The predicted molar refractivity (Wildman–Crippen MR) is 106 cm³/mol. The quantitative estimate of drug-likeness (QED) is 0.346. The number of nitrogens with zero attached hydrogens (tertiary/aromatic N) is 1. The zero-order chi connectivity index (χ0) is 19.1. The SMILES string of the molecule is CCCCCCCC(N)N(CCCCCCCN)C(=O)OC(C)(C)C. The lowest BCUT2D eigenvalue weighted by Crippen LogP contribution is -2.48. The molecule has 0 saturated heterocycles. The zero-order valence-corrected chi connectivity index (χ0v) is 17.2. The molecule has 25 heavy (non-hydrogen) atoms. The van der Waals surface area contributed by atoms with Crippen LogP contribution in [0, 0.1) is 0 Å². The van der Waals surface area contributed by atoms with E-state index in [1.54, 1.807) is 4.90 Å². The molecular formula is C20H43N3O2. The largest absolute Gasteiger partial charge is 0.444 e. The number of hydrogen-bond donors (Lipinski definition) is 2. The van der Waals surface area contributed by atoms with Crippen LogP contribution in [0.5, 0.6) is 0 Å². The standard InChI is InChI=1S/C20H43N3O2/c1-5-6-7-9-12-15-18(22)23(19(24)25-20(2,3)4)17-14-11-8-10-13-16-21/h18H,5-17,21-22H2,1-4H3. The van der Waals surface area contributed by atoms with Crippen LogP contribution in [0.1, 0.15) is 98.3 Å². The Kier molecular flexibility index (Phi) is 13.9. The van der Waals surface area contributed by atoms with Crippen molar-refractivity contribution in [2.75, 3.05) is 13.1 Å². The molecule has 1 atom stereocenters. The molecule has 0 aromatic heterocycles. The van der Waals surface area contributed by atoms with E-state index in [4.69, 9.17) is 16.2 Å². The van der Waals surface area contributed by atoms with E-state index in [0.29, 0.717) is 6.54 Å². The fraction of sp³-hybridized carbons (Fsp3) is 0.950. The summed E-state index contributed by atoms with van der Waals surface area (Å²) in [5, 5.41) is 0. The second-order valence-electron chi connectivity index (χ2n) is 8.00. The lowest BCUT2D eigenvalue weighted by Gasteiger charge is -2.31. The van der Waals surface area contributed by atoms with Crippen molar-refractivity contribution in [2.45, 2.75) is 110 Å². The normalized spacial score (nSPS) is 12.9. The molecule has 5 nitrogen and oxygen atoms in total. The van der Waals surface area contributed by atoms with E-state index in [0.717, 1.165) is 51.5 Å². The molecule has 0 radical (unpaired) electrons. The molecule has 0 rings (SSSR count). The molecule has 0 aromatic carbocycles. The Hall–Kier alpha value is -0.810. The molecule has 0 aliphatic heterocycles. The molecule has 0 aliphatic rings. The van der Waals surface area contributed by atoms with Gasteiger partial charge >= 0.3 is 6.09 Å². The highest BCUT2D eigenvalue weighted by molar-refractivity contribution is 5.68. The highest BCUT2D eigenvalue weighted by atomic mass is 16.6. The van der Waals surface area contributed by atoms with E-state index < -0.39 is 5.60 Å². The van der Waals surface area contributed by atoms with E-state index in [1.807, 2.05) is 20.8 Å². The summed E-state index contributed by atoms with van der Waals surface area (Å²) in [4.78, 5) is 14.2. The van der Waals surface area contributed by atoms with Crippen molar-refractivity contribution in [1.29, 1.82) is 0 Å². The van der Waals surface area contributed by atoms with Crippen molar-refractivity contribution in [1.82, 2.24) is 4.90 Å². The van der Waals surface area contributed by atoms with Crippen molar-refractivity contribution >= 4 is 6.09 Å². The topological polar surface area (TPSA) is 81.6 Å². The average molecular weight is 358 g/mol. The number of amides is 1. The lowest BCUT2D eigenvalue weighted by molar-refractivity contribution is 0.0151. The third-order valence-corrected chi connectivity index (χ3v) is 4.23. The Bertz CT molecular complexity index is 329. The number of nitrogens with two attached hydrogens (primary N) is 2. The fourth-order valence-electron chi connectivity index (χ4n) is 2.78. The molecule has 0 spiro atoms. The van der Waals surface area contributed by atoms with E-state index >= 15 is 0 Å². The van der Waals surface area contributed by atoms with E-state index in [1.165, 1.54) is 25.7 Å². The van der Waals surface area contributed by atoms with E-state index in [-0.39, 0.29) is 12.3 Å². The Morgan fingerprint density at radius 2 is 1.52 bits per heavy atom. The van der Waals surface area contributed by atoms with Gasteiger partial charge in [0.1, 0.15) is 5.60 Å². The van der Waals surface area contributed by atoms with Gasteiger partial charge in [0, 0.05) is 6.54 Å². The molecule has 5 heteroatoms. The summed E-state index contributed by atoms with van der Waals surface area (Å²) in [7, 11) is 0. The van der Waals surface area contributed by atoms with Crippen molar-refractivity contribution in [3.8, 4) is 0 Å². The van der Waals surface area contributed by atoms with Crippen LogP contribution in [0.4, 0.5) is 4.79 Å². The second-order valence-corrected chi connectivity index (χ2v) is 8.00. The van der Waals surface area contributed by atoms with Crippen molar-refractivity contribution in [3.05, 3.63) is 0 Å². The van der Waals surface area contributed by atoms with Crippen LogP contribution in [-0.4, -0.2) is 35.8 Å².